The SMILES string of the molecule is COc1ccc(NC(C)C(=O)Nc2ccc(C)c(F)c2)cc1. The molecule has 4 nitrogen and oxygen atoms in total. The normalized spacial score (nSPS) is 11.6. The molecule has 0 bridgehead atoms. The number of benzene rings is 2. The molecule has 0 heterocycles. The van der Waals surface area contributed by atoms with E-state index < -0.39 is 6.04 Å². The molecule has 0 spiro atoms. The van der Waals surface area contributed by atoms with Crippen molar-refractivity contribution in [2.45, 2.75) is 19.9 Å². The molecule has 1 atom stereocenters. The number of nitrogens with one attached hydrogen (secondary N) is 2. The van der Waals surface area contributed by atoms with Crippen LogP contribution in [0.15, 0.2) is 42.5 Å². The van der Waals surface area contributed by atoms with E-state index in [4.69, 9.17) is 4.74 Å². The van der Waals surface area contributed by atoms with Gasteiger partial charge in [-0.05, 0) is 55.8 Å². The largest absolute Gasteiger partial charge is 0.497 e. The molecule has 0 aliphatic heterocycles. The molecular formula is C17H19FN2O2. The molecule has 0 fully saturated rings. The number of aryl methyl sites for hydroxylation is 1. The molecule has 5 heteroatoms. The van der Waals surface area contributed by atoms with E-state index in [2.05, 4.69) is 10.6 Å². The van der Waals surface area contributed by atoms with Gasteiger partial charge in [0.1, 0.15) is 17.6 Å². The standard InChI is InChI=1S/C17H19FN2O2/c1-11-4-5-14(10-16(11)18)20-17(21)12(2)19-13-6-8-15(22-3)9-7-13/h4-10,12,19H,1-3H3,(H,20,21). The van der Waals surface area contributed by atoms with E-state index in [1.54, 1.807) is 33.1 Å². The lowest BCUT2D eigenvalue weighted by atomic mass is 10.2. The first-order valence-corrected chi connectivity index (χ1v) is 6.97. The van der Waals surface area contributed by atoms with Crippen LogP contribution in [0.2, 0.25) is 0 Å². The van der Waals surface area contributed by atoms with Gasteiger partial charge in [0, 0.05) is 11.4 Å². The smallest absolute Gasteiger partial charge is 0.246 e. The van der Waals surface area contributed by atoms with Gasteiger partial charge in [0.05, 0.1) is 7.11 Å². The van der Waals surface area contributed by atoms with Gasteiger partial charge >= 0.3 is 0 Å². The minimum Gasteiger partial charge on any atom is -0.497 e. The van der Waals surface area contributed by atoms with Crippen molar-refractivity contribution in [3.63, 3.8) is 0 Å². The molecule has 2 N–H and O–H groups in total. The lowest BCUT2D eigenvalue weighted by molar-refractivity contribution is -0.116. The van der Waals surface area contributed by atoms with Crippen LogP contribution in [-0.4, -0.2) is 19.1 Å². The van der Waals surface area contributed by atoms with E-state index in [1.165, 1.54) is 6.07 Å². The highest BCUT2D eigenvalue weighted by molar-refractivity contribution is 5.96. The topological polar surface area (TPSA) is 50.4 Å². The predicted molar refractivity (Wildman–Crippen MR) is 85.8 cm³/mol. The Labute approximate surface area is 129 Å². The Hall–Kier alpha value is -2.56. The summed E-state index contributed by atoms with van der Waals surface area (Å²) in [6.07, 6.45) is 0. The zero-order valence-electron chi connectivity index (χ0n) is 12.8. The van der Waals surface area contributed by atoms with E-state index in [0.29, 0.717) is 11.3 Å². The molecular weight excluding hydrogens is 283 g/mol. The van der Waals surface area contributed by atoms with Crippen LogP contribution >= 0.6 is 0 Å². The van der Waals surface area contributed by atoms with Crippen LogP contribution in [-0.2, 0) is 4.79 Å². The van der Waals surface area contributed by atoms with Gasteiger partial charge in [0.25, 0.3) is 0 Å². The van der Waals surface area contributed by atoms with Crippen LogP contribution in [0.1, 0.15) is 12.5 Å². The molecule has 2 rings (SSSR count). The van der Waals surface area contributed by atoms with Crippen LogP contribution in [0.3, 0.4) is 0 Å². The zero-order valence-corrected chi connectivity index (χ0v) is 12.8. The average molecular weight is 302 g/mol. The third-order valence-electron chi connectivity index (χ3n) is 3.31. The second-order valence-corrected chi connectivity index (χ2v) is 5.05. The van der Waals surface area contributed by atoms with E-state index in [-0.39, 0.29) is 11.7 Å². The minimum absolute atomic E-state index is 0.237. The Kier molecular flexibility index (Phi) is 4.99. The lowest BCUT2D eigenvalue weighted by Gasteiger charge is -2.15. The first-order valence-electron chi connectivity index (χ1n) is 6.97. The van der Waals surface area contributed by atoms with Gasteiger partial charge in [-0.2, -0.15) is 0 Å². The van der Waals surface area contributed by atoms with E-state index in [0.717, 1.165) is 11.4 Å². The molecule has 116 valence electrons. The second-order valence-electron chi connectivity index (χ2n) is 5.05. The highest BCUT2D eigenvalue weighted by Gasteiger charge is 2.13. The maximum Gasteiger partial charge on any atom is 0.246 e. The number of ether oxygens (including phenoxy) is 1. The van der Waals surface area contributed by atoms with Gasteiger partial charge in [-0.15, -0.1) is 0 Å². The molecule has 0 aliphatic carbocycles. The highest BCUT2D eigenvalue weighted by atomic mass is 19.1. The molecule has 1 amide bonds. The quantitative estimate of drug-likeness (QED) is 0.887. The van der Waals surface area contributed by atoms with Crippen molar-refractivity contribution in [1.82, 2.24) is 0 Å². The summed E-state index contributed by atoms with van der Waals surface area (Å²) in [6.45, 7) is 3.42. The Morgan fingerprint density at radius 3 is 2.36 bits per heavy atom. The fourth-order valence-corrected chi connectivity index (χ4v) is 1.92. The summed E-state index contributed by atoms with van der Waals surface area (Å²) in [6, 6.07) is 11.4. The van der Waals surface area contributed by atoms with Crippen molar-refractivity contribution in [3.8, 4) is 5.75 Å². The van der Waals surface area contributed by atoms with Crippen molar-refractivity contribution < 1.29 is 13.9 Å². The number of carbonyl (C=O) groups is 1. The van der Waals surface area contributed by atoms with E-state index >= 15 is 0 Å². The highest BCUT2D eigenvalue weighted by Crippen LogP contribution is 2.17. The Morgan fingerprint density at radius 1 is 1.14 bits per heavy atom. The Morgan fingerprint density at radius 2 is 1.77 bits per heavy atom. The monoisotopic (exact) mass is 302 g/mol. The molecule has 0 aromatic heterocycles. The summed E-state index contributed by atoms with van der Waals surface area (Å²) >= 11 is 0. The lowest BCUT2D eigenvalue weighted by Crippen LogP contribution is -2.31. The van der Waals surface area contributed by atoms with Crippen molar-refractivity contribution in [2.24, 2.45) is 0 Å². The number of anilines is 2. The van der Waals surface area contributed by atoms with Gasteiger partial charge in [0.2, 0.25) is 5.91 Å². The van der Waals surface area contributed by atoms with Crippen LogP contribution in [0.25, 0.3) is 0 Å². The molecule has 22 heavy (non-hydrogen) atoms. The average Bonchev–Trinajstić information content (AvgIpc) is 2.51. The fourth-order valence-electron chi connectivity index (χ4n) is 1.92. The van der Waals surface area contributed by atoms with Crippen molar-refractivity contribution in [3.05, 3.63) is 53.8 Å². The summed E-state index contributed by atoms with van der Waals surface area (Å²) < 4.78 is 18.5. The third kappa shape index (κ3) is 3.97. The van der Waals surface area contributed by atoms with E-state index in [9.17, 15) is 9.18 Å². The molecule has 1 unspecified atom stereocenters. The first-order chi connectivity index (χ1) is 10.5. The summed E-state index contributed by atoms with van der Waals surface area (Å²) in [5.41, 5.74) is 1.79. The second kappa shape index (κ2) is 6.93. The summed E-state index contributed by atoms with van der Waals surface area (Å²) in [5, 5.41) is 5.76. The number of rotatable bonds is 5. The van der Waals surface area contributed by atoms with Gasteiger partial charge in [0.15, 0.2) is 0 Å². The van der Waals surface area contributed by atoms with Crippen molar-refractivity contribution in [2.75, 3.05) is 17.7 Å². The van der Waals surface area contributed by atoms with Crippen LogP contribution in [0, 0.1) is 12.7 Å². The summed E-state index contributed by atoms with van der Waals surface area (Å²) in [5.74, 6) is 0.172. The Balaban J connectivity index is 1.97. The number of amides is 1. The molecule has 0 aliphatic rings. The molecule has 0 saturated heterocycles. The van der Waals surface area contributed by atoms with Gasteiger partial charge < -0.3 is 15.4 Å². The number of hydrogen-bond donors (Lipinski definition) is 2. The van der Waals surface area contributed by atoms with Crippen LogP contribution in [0.4, 0.5) is 15.8 Å². The number of methoxy groups -OCH3 is 1. The number of carbonyl (C=O) groups excluding carboxylic acids is 1. The maximum absolute atomic E-state index is 13.5. The van der Waals surface area contributed by atoms with Crippen LogP contribution in [0.5, 0.6) is 5.75 Å². The Bertz CT molecular complexity index is 656. The van der Waals surface area contributed by atoms with Crippen molar-refractivity contribution in [1.29, 1.82) is 0 Å². The van der Waals surface area contributed by atoms with Gasteiger partial charge in [-0.1, -0.05) is 6.07 Å². The first kappa shape index (κ1) is 15.8. The summed E-state index contributed by atoms with van der Waals surface area (Å²) in [7, 11) is 1.60. The number of halogens is 1. The molecule has 0 radical (unpaired) electrons. The van der Waals surface area contributed by atoms with Crippen molar-refractivity contribution >= 4 is 17.3 Å². The third-order valence-corrected chi connectivity index (χ3v) is 3.31. The van der Waals surface area contributed by atoms with Gasteiger partial charge in [-0.25, -0.2) is 4.39 Å². The van der Waals surface area contributed by atoms with Crippen LogP contribution < -0.4 is 15.4 Å². The fraction of sp³-hybridized carbons (Fsp3) is 0.235. The zero-order chi connectivity index (χ0) is 16.1. The predicted octanol–water partition coefficient (Wildman–Crippen LogP) is 3.58. The van der Waals surface area contributed by atoms with E-state index in [1.807, 2.05) is 24.3 Å². The number of hydrogen-bond acceptors (Lipinski definition) is 3. The molecule has 2 aromatic carbocycles. The summed E-state index contributed by atoms with van der Waals surface area (Å²) in [4.78, 5) is 12.1. The van der Waals surface area contributed by atoms with Gasteiger partial charge in [-0.3, -0.25) is 4.79 Å². The maximum atomic E-state index is 13.5. The minimum atomic E-state index is -0.460. The molecule has 0 saturated carbocycles. The molecule has 2 aromatic rings.